The lowest BCUT2D eigenvalue weighted by Crippen LogP contribution is -2.14. The minimum Gasteiger partial charge on any atom is -0.393 e. The zero-order valence-electron chi connectivity index (χ0n) is 8.03. The summed E-state index contributed by atoms with van der Waals surface area (Å²) >= 11 is 0. The largest absolute Gasteiger partial charge is 0.393 e. The Hall–Kier alpha value is -0.820. The number of fused-ring (bicyclic) bond motifs is 1. The predicted octanol–water partition coefficient (Wildman–Crippen LogP) is 2.49. The summed E-state index contributed by atoms with van der Waals surface area (Å²) < 4.78 is 0. The molecule has 70 valence electrons. The van der Waals surface area contributed by atoms with E-state index in [-0.39, 0.29) is 6.10 Å². The Morgan fingerprint density at radius 3 is 2.92 bits per heavy atom. The van der Waals surface area contributed by atoms with Crippen LogP contribution in [0.1, 0.15) is 36.8 Å². The zero-order chi connectivity index (χ0) is 9.26. The van der Waals surface area contributed by atoms with Gasteiger partial charge in [-0.2, -0.15) is 0 Å². The molecular formula is C12H16O. The van der Waals surface area contributed by atoms with E-state index in [1.807, 2.05) is 0 Å². The lowest BCUT2D eigenvalue weighted by molar-refractivity contribution is 0.140. The molecule has 2 atom stereocenters. The predicted molar refractivity (Wildman–Crippen MR) is 53.8 cm³/mol. The van der Waals surface area contributed by atoms with Crippen LogP contribution in [0.25, 0.3) is 0 Å². The van der Waals surface area contributed by atoms with Gasteiger partial charge in [-0.3, -0.25) is 0 Å². The van der Waals surface area contributed by atoms with E-state index >= 15 is 0 Å². The van der Waals surface area contributed by atoms with Gasteiger partial charge in [0.05, 0.1) is 6.10 Å². The van der Waals surface area contributed by atoms with Gasteiger partial charge in [0, 0.05) is 5.92 Å². The molecule has 0 spiro atoms. The highest BCUT2D eigenvalue weighted by Gasteiger charge is 2.21. The molecule has 1 aromatic carbocycles. The highest BCUT2D eigenvalue weighted by Crippen LogP contribution is 2.29. The summed E-state index contributed by atoms with van der Waals surface area (Å²) in [6.45, 7) is 2.12. The van der Waals surface area contributed by atoms with E-state index in [2.05, 4.69) is 31.2 Å². The molecule has 0 aromatic heterocycles. The molecule has 1 N–H and O–H groups in total. The molecule has 1 aliphatic rings. The van der Waals surface area contributed by atoms with Gasteiger partial charge in [-0.15, -0.1) is 0 Å². The van der Waals surface area contributed by atoms with Crippen LogP contribution in [0.3, 0.4) is 0 Å². The van der Waals surface area contributed by atoms with E-state index in [0.29, 0.717) is 5.92 Å². The maximum absolute atomic E-state index is 9.80. The Balaban J connectivity index is 2.40. The Morgan fingerprint density at radius 2 is 2.08 bits per heavy atom. The first-order valence-corrected chi connectivity index (χ1v) is 5.05. The van der Waals surface area contributed by atoms with Gasteiger partial charge in [-0.05, 0) is 30.4 Å². The van der Waals surface area contributed by atoms with Crippen LogP contribution in [0.4, 0.5) is 0 Å². The normalized spacial score (nSPS) is 27.8. The first kappa shape index (κ1) is 8.76. The summed E-state index contributed by atoms with van der Waals surface area (Å²) in [5.41, 5.74) is 2.76. The minimum atomic E-state index is -0.149. The van der Waals surface area contributed by atoms with Gasteiger partial charge in [0.1, 0.15) is 0 Å². The molecule has 0 radical (unpaired) electrons. The van der Waals surface area contributed by atoms with Crippen molar-refractivity contribution in [2.24, 2.45) is 0 Å². The zero-order valence-corrected chi connectivity index (χ0v) is 8.03. The first-order chi connectivity index (χ1) is 6.29. The first-order valence-electron chi connectivity index (χ1n) is 5.05. The van der Waals surface area contributed by atoms with Crippen molar-refractivity contribution in [2.45, 2.75) is 38.2 Å². The van der Waals surface area contributed by atoms with Crippen LogP contribution >= 0.6 is 0 Å². The third kappa shape index (κ3) is 1.61. The van der Waals surface area contributed by atoms with Gasteiger partial charge >= 0.3 is 0 Å². The van der Waals surface area contributed by atoms with Crippen LogP contribution in [0.15, 0.2) is 24.3 Å². The van der Waals surface area contributed by atoms with Gasteiger partial charge in [0.2, 0.25) is 0 Å². The van der Waals surface area contributed by atoms with Gasteiger partial charge in [-0.1, -0.05) is 31.2 Å². The smallest absolute Gasteiger partial charge is 0.0606 e. The Labute approximate surface area is 79.4 Å². The molecule has 2 unspecified atom stereocenters. The molecule has 0 amide bonds. The highest BCUT2D eigenvalue weighted by molar-refractivity contribution is 5.31. The molecule has 1 nitrogen and oxygen atoms in total. The second-order valence-corrected chi connectivity index (χ2v) is 3.95. The van der Waals surface area contributed by atoms with Crippen LogP contribution in [-0.4, -0.2) is 11.2 Å². The third-order valence-electron chi connectivity index (χ3n) is 3.07. The Morgan fingerprint density at radius 1 is 1.31 bits per heavy atom. The summed E-state index contributed by atoms with van der Waals surface area (Å²) in [4.78, 5) is 0. The molecule has 0 aliphatic heterocycles. The Bertz CT molecular complexity index is 293. The lowest BCUT2D eigenvalue weighted by Gasteiger charge is -2.17. The average Bonchev–Trinajstić information content (AvgIpc) is 2.29. The molecule has 0 saturated carbocycles. The second kappa shape index (κ2) is 3.51. The molecule has 1 aromatic rings. The summed E-state index contributed by atoms with van der Waals surface area (Å²) in [5, 5.41) is 9.80. The van der Waals surface area contributed by atoms with E-state index in [0.717, 1.165) is 19.3 Å². The molecular weight excluding hydrogens is 160 g/mol. The molecule has 2 rings (SSSR count). The molecule has 13 heavy (non-hydrogen) atoms. The minimum absolute atomic E-state index is 0.149. The number of benzene rings is 1. The van der Waals surface area contributed by atoms with Crippen LogP contribution < -0.4 is 0 Å². The van der Waals surface area contributed by atoms with Crippen molar-refractivity contribution in [3.63, 3.8) is 0 Å². The fourth-order valence-electron chi connectivity index (χ4n) is 2.16. The maximum atomic E-state index is 9.80. The third-order valence-corrected chi connectivity index (χ3v) is 3.07. The van der Waals surface area contributed by atoms with E-state index in [4.69, 9.17) is 0 Å². The van der Waals surface area contributed by atoms with Crippen molar-refractivity contribution in [1.29, 1.82) is 0 Å². The van der Waals surface area contributed by atoms with Crippen molar-refractivity contribution < 1.29 is 5.11 Å². The molecule has 0 bridgehead atoms. The number of aliphatic hydroxyl groups is 1. The lowest BCUT2D eigenvalue weighted by atomic mass is 9.93. The van der Waals surface area contributed by atoms with Crippen molar-refractivity contribution in [2.75, 3.05) is 0 Å². The summed E-state index contributed by atoms with van der Waals surface area (Å²) in [5.74, 6) is 0.304. The van der Waals surface area contributed by atoms with E-state index in [9.17, 15) is 5.11 Å². The molecule has 0 saturated heterocycles. The molecule has 1 aliphatic carbocycles. The molecule has 0 heterocycles. The van der Waals surface area contributed by atoms with Crippen LogP contribution in [0.2, 0.25) is 0 Å². The van der Waals surface area contributed by atoms with E-state index in [1.54, 1.807) is 0 Å². The number of hydrogen-bond acceptors (Lipinski definition) is 1. The average molecular weight is 176 g/mol. The number of aliphatic hydroxyl groups excluding tert-OH is 1. The van der Waals surface area contributed by atoms with Gasteiger partial charge < -0.3 is 5.11 Å². The monoisotopic (exact) mass is 176 g/mol. The van der Waals surface area contributed by atoms with Gasteiger partial charge in [-0.25, -0.2) is 0 Å². The Kier molecular flexibility index (Phi) is 2.36. The number of rotatable bonds is 0. The molecule has 1 heteroatoms. The quantitative estimate of drug-likeness (QED) is 0.602. The highest BCUT2D eigenvalue weighted by atomic mass is 16.3. The van der Waals surface area contributed by atoms with Crippen molar-refractivity contribution in [3.05, 3.63) is 35.4 Å². The van der Waals surface area contributed by atoms with Gasteiger partial charge in [0.25, 0.3) is 0 Å². The molecule has 0 fully saturated rings. The topological polar surface area (TPSA) is 20.2 Å². The van der Waals surface area contributed by atoms with E-state index < -0.39 is 0 Å². The standard InChI is InChI=1S/C12H16O/c1-9-11-7-3-2-5-10(11)6-4-8-12(9)13/h2-3,5,7,9,12-13H,4,6,8H2,1H3. The van der Waals surface area contributed by atoms with Crippen LogP contribution in [0, 0.1) is 0 Å². The maximum Gasteiger partial charge on any atom is 0.0606 e. The van der Waals surface area contributed by atoms with Crippen LogP contribution in [0.5, 0.6) is 0 Å². The summed E-state index contributed by atoms with van der Waals surface area (Å²) in [6.07, 6.45) is 3.03. The van der Waals surface area contributed by atoms with Crippen molar-refractivity contribution in [3.8, 4) is 0 Å². The second-order valence-electron chi connectivity index (χ2n) is 3.95. The van der Waals surface area contributed by atoms with Crippen LogP contribution in [-0.2, 0) is 6.42 Å². The summed E-state index contributed by atoms with van der Waals surface area (Å²) in [6, 6.07) is 8.48. The number of hydrogen-bond donors (Lipinski definition) is 1. The van der Waals surface area contributed by atoms with Crippen molar-refractivity contribution in [1.82, 2.24) is 0 Å². The fraction of sp³-hybridized carbons (Fsp3) is 0.500. The SMILES string of the molecule is CC1c2ccccc2CCCC1O. The van der Waals surface area contributed by atoms with Crippen molar-refractivity contribution >= 4 is 0 Å². The number of aryl methyl sites for hydroxylation is 1. The van der Waals surface area contributed by atoms with Gasteiger partial charge in [0.15, 0.2) is 0 Å². The van der Waals surface area contributed by atoms with E-state index in [1.165, 1.54) is 11.1 Å². The summed E-state index contributed by atoms with van der Waals surface area (Å²) in [7, 11) is 0. The fourth-order valence-corrected chi connectivity index (χ4v) is 2.16.